The smallest absolute Gasteiger partial charge is 0.169 e. The van der Waals surface area contributed by atoms with E-state index in [4.69, 9.17) is 14.2 Å². The summed E-state index contributed by atoms with van der Waals surface area (Å²) in [4.78, 5) is 0. The van der Waals surface area contributed by atoms with Gasteiger partial charge in [0.1, 0.15) is 0 Å². The lowest BCUT2D eigenvalue weighted by molar-refractivity contribution is -0.278. The fourth-order valence-corrected chi connectivity index (χ4v) is 3.36. The van der Waals surface area contributed by atoms with Crippen LogP contribution < -0.4 is 0 Å². The molecule has 3 nitrogen and oxygen atoms in total. The molecule has 0 aromatic heterocycles. The van der Waals surface area contributed by atoms with Gasteiger partial charge in [0.15, 0.2) is 5.79 Å². The van der Waals surface area contributed by atoms with E-state index in [0.717, 1.165) is 38.9 Å². The van der Waals surface area contributed by atoms with E-state index >= 15 is 0 Å². The van der Waals surface area contributed by atoms with Gasteiger partial charge in [0.05, 0.1) is 18.3 Å². The molecular formula is C13H22O3. The lowest BCUT2D eigenvalue weighted by Gasteiger charge is -2.37. The number of hydrogen-bond donors (Lipinski definition) is 0. The molecule has 3 heteroatoms. The quantitative estimate of drug-likeness (QED) is 0.688. The molecule has 3 fully saturated rings. The fraction of sp³-hybridized carbons (Fsp3) is 1.00. The van der Waals surface area contributed by atoms with E-state index in [1.165, 1.54) is 19.3 Å². The van der Waals surface area contributed by atoms with Gasteiger partial charge in [0, 0.05) is 19.4 Å². The van der Waals surface area contributed by atoms with Gasteiger partial charge in [-0.25, -0.2) is 0 Å². The van der Waals surface area contributed by atoms with Crippen LogP contribution in [0.4, 0.5) is 0 Å². The Kier molecular flexibility index (Phi) is 2.73. The fourth-order valence-electron chi connectivity index (χ4n) is 3.36. The zero-order chi connectivity index (χ0) is 11.1. The van der Waals surface area contributed by atoms with E-state index in [0.29, 0.717) is 0 Å². The van der Waals surface area contributed by atoms with E-state index in [2.05, 4.69) is 6.92 Å². The molecular weight excluding hydrogens is 204 g/mol. The number of hydrogen-bond acceptors (Lipinski definition) is 3. The van der Waals surface area contributed by atoms with E-state index in [-0.39, 0.29) is 17.5 Å². The highest BCUT2D eigenvalue weighted by Gasteiger charge is 2.52. The van der Waals surface area contributed by atoms with Gasteiger partial charge in [-0.05, 0) is 39.0 Å². The third kappa shape index (κ3) is 1.79. The van der Waals surface area contributed by atoms with Gasteiger partial charge in [-0.1, -0.05) is 0 Å². The van der Waals surface area contributed by atoms with Crippen molar-refractivity contribution in [3.63, 3.8) is 0 Å². The lowest BCUT2D eigenvalue weighted by Crippen LogP contribution is -2.44. The summed E-state index contributed by atoms with van der Waals surface area (Å²) in [6.45, 7) is 3.97. The Morgan fingerprint density at radius 1 is 1.00 bits per heavy atom. The first-order valence-electron chi connectivity index (χ1n) is 6.68. The monoisotopic (exact) mass is 226 g/mol. The molecule has 3 atom stereocenters. The summed E-state index contributed by atoms with van der Waals surface area (Å²) in [5.41, 5.74) is -0.103. The Balaban J connectivity index is 1.70. The Morgan fingerprint density at radius 2 is 1.94 bits per heavy atom. The van der Waals surface area contributed by atoms with Crippen molar-refractivity contribution in [3.8, 4) is 0 Å². The highest BCUT2D eigenvalue weighted by molar-refractivity contribution is 4.97. The molecule has 92 valence electrons. The summed E-state index contributed by atoms with van der Waals surface area (Å²) in [6.07, 6.45) is 8.22. The molecule has 0 bridgehead atoms. The minimum Gasteiger partial charge on any atom is -0.375 e. The Labute approximate surface area is 97.4 Å². The molecule has 3 saturated heterocycles. The van der Waals surface area contributed by atoms with E-state index in [1.54, 1.807) is 0 Å². The molecule has 0 saturated carbocycles. The average Bonchev–Trinajstić information content (AvgIpc) is 2.90. The second kappa shape index (κ2) is 3.97. The molecule has 0 radical (unpaired) electrons. The molecule has 3 heterocycles. The van der Waals surface area contributed by atoms with Crippen molar-refractivity contribution in [1.82, 2.24) is 0 Å². The van der Waals surface area contributed by atoms with Crippen molar-refractivity contribution in [2.45, 2.75) is 69.4 Å². The largest absolute Gasteiger partial charge is 0.375 e. The van der Waals surface area contributed by atoms with Crippen molar-refractivity contribution in [1.29, 1.82) is 0 Å². The van der Waals surface area contributed by atoms with Crippen LogP contribution in [0, 0.1) is 0 Å². The molecule has 0 aromatic rings. The molecule has 0 aliphatic carbocycles. The second-order valence-electron chi connectivity index (χ2n) is 5.63. The van der Waals surface area contributed by atoms with Crippen LogP contribution in [0.25, 0.3) is 0 Å². The van der Waals surface area contributed by atoms with Gasteiger partial charge in [-0.15, -0.1) is 0 Å². The third-order valence-electron chi connectivity index (χ3n) is 4.35. The number of ether oxygens (including phenoxy) is 3. The van der Waals surface area contributed by atoms with Crippen LogP contribution in [0.3, 0.4) is 0 Å². The van der Waals surface area contributed by atoms with Crippen molar-refractivity contribution >= 4 is 0 Å². The zero-order valence-corrected chi connectivity index (χ0v) is 10.2. The van der Waals surface area contributed by atoms with Crippen molar-refractivity contribution in [2.24, 2.45) is 0 Å². The standard InChI is InChI=1S/C13H22O3/c1-12(11-5-4-9-14-11)7-8-13(16-12)6-2-3-10-15-13/h11H,2-10H2,1H3/t11-,12+,13-/m0/s1. The van der Waals surface area contributed by atoms with Crippen molar-refractivity contribution < 1.29 is 14.2 Å². The van der Waals surface area contributed by atoms with Crippen LogP contribution in [0.15, 0.2) is 0 Å². The first-order valence-corrected chi connectivity index (χ1v) is 6.68. The summed E-state index contributed by atoms with van der Waals surface area (Å²) >= 11 is 0. The molecule has 0 aromatic carbocycles. The molecule has 16 heavy (non-hydrogen) atoms. The Morgan fingerprint density at radius 3 is 2.62 bits per heavy atom. The van der Waals surface area contributed by atoms with E-state index in [9.17, 15) is 0 Å². The third-order valence-corrected chi connectivity index (χ3v) is 4.35. The average molecular weight is 226 g/mol. The highest BCUT2D eigenvalue weighted by atomic mass is 16.7. The van der Waals surface area contributed by atoms with Crippen LogP contribution in [-0.4, -0.2) is 30.7 Å². The zero-order valence-electron chi connectivity index (χ0n) is 10.2. The van der Waals surface area contributed by atoms with Crippen molar-refractivity contribution in [3.05, 3.63) is 0 Å². The maximum atomic E-state index is 6.31. The molecule has 3 rings (SSSR count). The van der Waals surface area contributed by atoms with Crippen LogP contribution in [0.2, 0.25) is 0 Å². The molecule has 0 amide bonds. The number of rotatable bonds is 1. The molecule has 3 aliphatic rings. The normalized spacial score (nSPS) is 48.9. The topological polar surface area (TPSA) is 27.7 Å². The van der Waals surface area contributed by atoms with E-state index < -0.39 is 0 Å². The van der Waals surface area contributed by atoms with Crippen molar-refractivity contribution in [2.75, 3.05) is 13.2 Å². The molecule has 0 unspecified atom stereocenters. The molecule has 1 spiro atoms. The summed E-state index contributed by atoms with van der Waals surface area (Å²) in [5.74, 6) is -0.265. The first-order chi connectivity index (χ1) is 7.73. The van der Waals surface area contributed by atoms with Gasteiger partial charge >= 0.3 is 0 Å². The summed E-state index contributed by atoms with van der Waals surface area (Å²) in [6, 6.07) is 0. The van der Waals surface area contributed by atoms with E-state index in [1.807, 2.05) is 0 Å². The minimum absolute atomic E-state index is 0.103. The minimum atomic E-state index is -0.265. The molecule has 3 aliphatic heterocycles. The second-order valence-corrected chi connectivity index (χ2v) is 5.63. The van der Waals surface area contributed by atoms with Crippen LogP contribution >= 0.6 is 0 Å². The highest BCUT2D eigenvalue weighted by Crippen LogP contribution is 2.47. The maximum Gasteiger partial charge on any atom is 0.169 e. The summed E-state index contributed by atoms with van der Waals surface area (Å²) < 4.78 is 18.0. The predicted molar refractivity (Wildman–Crippen MR) is 60.2 cm³/mol. The summed E-state index contributed by atoms with van der Waals surface area (Å²) in [7, 11) is 0. The van der Waals surface area contributed by atoms with Crippen LogP contribution in [0.1, 0.15) is 51.9 Å². The maximum absolute atomic E-state index is 6.31. The van der Waals surface area contributed by atoms with Crippen LogP contribution in [-0.2, 0) is 14.2 Å². The van der Waals surface area contributed by atoms with Gasteiger partial charge in [-0.2, -0.15) is 0 Å². The van der Waals surface area contributed by atoms with Gasteiger partial charge in [-0.3, -0.25) is 0 Å². The van der Waals surface area contributed by atoms with Gasteiger partial charge < -0.3 is 14.2 Å². The Hall–Kier alpha value is -0.120. The summed E-state index contributed by atoms with van der Waals surface area (Å²) in [5, 5.41) is 0. The van der Waals surface area contributed by atoms with Gasteiger partial charge in [0.2, 0.25) is 0 Å². The predicted octanol–water partition coefficient (Wildman–Crippen LogP) is 2.63. The lowest BCUT2D eigenvalue weighted by atomic mass is 9.92. The van der Waals surface area contributed by atoms with Gasteiger partial charge in [0.25, 0.3) is 0 Å². The van der Waals surface area contributed by atoms with Crippen LogP contribution in [0.5, 0.6) is 0 Å². The molecule has 0 N–H and O–H groups in total. The first kappa shape index (κ1) is 11.0. The Bertz CT molecular complexity index is 254. The SMILES string of the molecule is C[C@]1([C@@H]2CCCO2)CC[C@]2(CCCCO2)O1.